The van der Waals surface area contributed by atoms with Crippen LogP contribution in [0.4, 0.5) is 0 Å². The van der Waals surface area contributed by atoms with Crippen LogP contribution in [0.1, 0.15) is 0 Å². The van der Waals surface area contributed by atoms with Gasteiger partial charge in [-0.1, -0.05) is 145 Å². The monoisotopic (exact) mass is 635 g/mol. The van der Waals surface area contributed by atoms with Crippen molar-refractivity contribution in [2.24, 2.45) is 0 Å². The topological polar surface area (TPSA) is 51.8 Å². The van der Waals surface area contributed by atoms with Gasteiger partial charge < -0.3 is 4.42 Å². The molecular weight excluding hydrogens is 610 g/mol. The van der Waals surface area contributed by atoms with Gasteiger partial charge in [0.25, 0.3) is 0 Å². The summed E-state index contributed by atoms with van der Waals surface area (Å²) in [6, 6.07) is 53.5. The van der Waals surface area contributed by atoms with Gasteiger partial charge in [0.2, 0.25) is 0 Å². The molecule has 2 heterocycles. The second kappa shape index (κ2) is 11.6. The van der Waals surface area contributed by atoms with E-state index in [2.05, 4.69) is 91.0 Å². The van der Waals surface area contributed by atoms with Crippen LogP contribution in [-0.2, 0) is 0 Å². The zero-order valence-electron chi connectivity index (χ0n) is 25.6. The Labute approximate surface area is 282 Å². The molecule has 0 bridgehead atoms. The van der Waals surface area contributed by atoms with E-state index in [1.165, 1.54) is 5.56 Å². The molecule has 4 nitrogen and oxygen atoms in total. The lowest BCUT2D eigenvalue weighted by Crippen LogP contribution is -2.00. The molecule has 0 amide bonds. The van der Waals surface area contributed by atoms with Gasteiger partial charge in [0.15, 0.2) is 17.5 Å². The van der Waals surface area contributed by atoms with Gasteiger partial charge >= 0.3 is 0 Å². The first kappa shape index (κ1) is 28.1. The minimum atomic E-state index is 0.618. The molecule has 48 heavy (non-hydrogen) atoms. The summed E-state index contributed by atoms with van der Waals surface area (Å²) in [7, 11) is 0. The van der Waals surface area contributed by atoms with Gasteiger partial charge in [-0.25, -0.2) is 15.0 Å². The summed E-state index contributed by atoms with van der Waals surface area (Å²) in [5, 5.41) is 4.85. The van der Waals surface area contributed by atoms with Gasteiger partial charge in [-0.2, -0.15) is 0 Å². The Kier molecular flexibility index (Phi) is 6.81. The van der Waals surface area contributed by atoms with Crippen molar-refractivity contribution in [2.45, 2.75) is 0 Å². The van der Waals surface area contributed by atoms with Crippen LogP contribution in [-0.4, -0.2) is 15.0 Å². The van der Waals surface area contributed by atoms with Crippen molar-refractivity contribution < 1.29 is 4.42 Å². The first-order valence-corrected chi connectivity index (χ1v) is 16.2. The van der Waals surface area contributed by atoms with E-state index in [9.17, 15) is 0 Å². The van der Waals surface area contributed by atoms with E-state index in [1.54, 1.807) is 0 Å². The smallest absolute Gasteiger partial charge is 0.164 e. The normalized spacial score (nSPS) is 11.4. The quantitative estimate of drug-likeness (QED) is 0.189. The van der Waals surface area contributed by atoms with Crippen molar-refractivity contribution in [3.8, 4) is 56.4 Å². The standard InChI is InChI=1S/C43H26ClN3O/c44-31-24-25-38-37(26-31)40-35(17-9-19-39(40)48-38)33-15-7-16-34-32(33)14-8-18-36(34)43-46-41(29-12-5-2-6-13-29)45-42(47-43)30-22-20-28(21-23-30)27-10-3-1-4-11-27/h1-26H. The molecule has 0 aliphatic carbocycles. The summed E-state index contributed by atoms with van der Waals surface area (Å²) in [6.07, 6.45) is 0. The van der Waals surface area contributed by atoms with Crippen LogP contribution in [0.5, 0.6) is 0 Å². The first-order valence-electron chi connectivity index (χ1n) is 15.8. The third-order valence-electron chi connectivity index (χ3n) is 8.83. The number of fused-ring (bicyclic) bond motifs is 4. The average Bonchev–Trinajstić information content (AvgIpc) is 3.53. The number of hydrogen-bond donors (Lipinski definition) is 0. The molecule has 0 fully saturated rings. The van der Waals surface area contributed by atoms with Crippen LogP contribution < -0.4 is 0 Å². The fourth-order valence-corrected chi connectivity index (χ4v) is 6.72. The Bertz CT molecular complexity index is 2610. The SMILES string of the molecule is Clc1ccc2oc3cccc(-c4cccc5c(-c6nc(-c7ccccc7)nc(-c7ccc(-c8ccccc8)cc7)n6)cccc45)c3c2c1. The minimum Gasteiger partial charge on any atom is -0.456 e. The molecule has 0 saturated carbocycles. The third kappa shape index (κ3) is 4.91. The minimum absolute atomic E-state index is 0.618. The highest BCUT2D eigenvalue weighted by atomic mass is 35.5. The van der Waals surface area contributed by atoms with Gasteiger partial charge in [-0.15, -0.1) is 0 Å². The maximum atomic E-state index is 6.45. The fourth-order valence-electron chi connectivity index (χ4n) is 6.55. The molecule has 0 aliphatic rings. The summed E-state index contributed by atoms with van der Waals surface area (Å²) in [6.45, 7) is 0. The van der Waals surface area contributed by atoms with E-state index in [0.29, 0.717) is 22.5 Å². The van der Waals surface area contributed by atoms with Gasteiger partial charge in [0.05, 0.1) is 0 Å². The van der Waals surface area contributed by atoms with Crippen molar-refractivity contribution in [3.63, 3.8) is 0 Å². The zero-order valence-corrected chi connectivity index (χ0v) is 26.4. The molecule has 226 valence electrons. The van der Waals surface area contributed by atoms with Gasteiger partial charge in [0, 0.05) is 32.5 Å². The van der Waals surface area contributed by atoms with Crippen LogP contribution in [0.2, 0.25) is 5.02 Å². The third-order valence-corrected chi connectivity index (χ3v) is 9.06. The van der Waals surface area contributed by atoms with Crippen LogP contribution in [0.25, 0.3) is 89.1 Å². The van der Waals surface area contributed by atoms with E-state index in [0.717, 1.165) is 66.1 Å². The van der Waals surface area contributed by atoms with E-state index in [4.69, 9.17) is 31.0 Å². The summed E-state index contributed by atoms with van der Waals surface area (Å²) >= 11 is 6.45. The molecule has 0 aliphatic heterocycles. The van der Waals surface area contributed by atoms with Crippen LogP contribution in [0.3, 0.4) is 0 Å². The van der Waals surface area contributed by atoms with Crippen molar-refractivity contribution in [1.29, 1.82) is 0 Å². The Morgan fingerprint density at radius 3 is 1.65 bits per heavy atom. The van der Waals surface area contributed by atoms with Crippen molar-refractivity contribution in [1.82, 2.24) is 15.0 Å². The fraction of sp³-hybridized carbons (Fsp3) is 0. The molecule has 0 atom stereocenters. The Morgan fingerprint density at radius 1 is 0.375 bits per heavy atom. The number of benzene rings is 7. The summed E-state index contributed by atoms with van der Waals surface area (Å²) in [4.78, 5) is 15.1. The molecule has 2 aromatic heterocycles. The maximum absolute atomic E-state index is 6.45. The lowest BCUT2D eigenvalue weighted by Gasteiger charge is -2.13. The molecule has 0 spiro atoms. The van der Waals surface area contributed by atoms with Crippen LogP contribution >= 0.6 is 11.6 Å². The van der Waals surface area contributed by atoms with Crippen LogP contribution in [0, 0.1) is 0 Å². The largest absolute Gasteiger partial charge is 0.456 e. The lowest BCUT2D eigenvalue weighted by atomic mass is 9.93. The van der Waals surface area contributed by atoms with E-state index in [1.807, 2.05) is 66.7 Å². The molecular formula is C43H26ClN3O. The molecule has 9 rings (SSSR count). The molecule has 5 heteroatoms. The van der Waals surface area contributed by atoms with Crippen molar-refractivity contribution in [2.75, 3.05) is 0 Å². The molecule has 0 N–H and O–H groups in total. The Hall–Kier alpha value is -6.10. The van der Waals surface area contributed by atoms with Gasteiger partial charge in [-0.05, 0) is 57.3 Å². The molecule has 9 aromatic rings. The number of rotatable bonds is 5. The van der Waals surface area contributed by atoms with Crippen molar-refractivity contribution in [3.05, 3.63) is 163 Å². The predicted octanol–water partition coefficient (Wildman–Crippen LogP) is 11.9. The second-order valence-corrected chi connectivity index (χ2v) is 12.2. The summed E-state index contributed by atoms with van der Waals surface area (Å²) < 4.78 is 6.23. The van der Waals surface area contributed by atoms with Gasteiger partial charge in [-0.3, -0.25) is 0 Å². The highest BCUT2D eigenvalue weighted by Gasteiger charge is 2.18. The molecule has 0 saturated heterocycles. The second-order valence-electron chi connectivity index (χ2n) is 11.7. The first-order chi connectivity index (χ1) is 23.7. The highest BCUT2D eigenvalue weighted by molar-refractivity contribution is 6.32. The zero-order chi connectivity index (χ0) is 32.0. The Balaban J connectivity index is 1.23. The predicted molar refractivity (Wildman–Crippen MR) is 197 cm³/mol. The average molecular weight is 636 g/mol. The Morgan fingerprint density at radius 2 is 0.917 bits per heavy atom. The summed E-state index contributed by atoms with van der Waals surface area (Å²) in [5.74, 6) is 1.87. The van der Waals surface area contributed by atoms with E-state index < -0.39 is 0 Å². The number of hydrogen-bond acceptors (Lipinski definition) is 4. The van der Waals surface area contributed by atoms with Gasteiger partial charge in [0.1, 0.15) is 11.2 Å². The lowest BCUT2D eigenvalue weighted by molar-refractivity contribution is 0.669. The van der Waals surface area contributed by atoms with Crippen LogP contribution in [0.15, 0.2) is 162 Å². The highest BCUT2D eigenvalue weighted by Crippen LogP contribution is 2.41. The maximum Gasteiger partial charge on any atom is 0.164 e. The van der Waals surface area contributed by atoms with Crippen molar-refractivity contribution >= 4 is 44.3 Å². The number of halogens is 1. The summed E-state index contributed by atoms with van der Waals surface area (Å²) in [5.41, 5.74) is 8.91. The number of nitrogens with zero attached hydrogens (tertiary/aromatic N) is 3. The number of furan rings is 1. The molecule has 0 radical (unpaired) electrons. The molecule has 7 aromatic carbocycles. The van der Waals surface area contributed by atoms with E-state index in [-0.39, 0.29) is 0 Å². The van der Waals surface area contributed by atoms with E-state index >= 15 is 0 Å². The molecule has 0 unspecified atom stereocenters. The number of aromatic nitrogens is 3.